The summed E-state index contributed by atoms with van der Waals surface area (Å²) in [5.74, 6) is 0. The fraction of sp³-hybridized carbons (Fsp3) is 1.00. The minimum atomic E-state index is -0.550. The van der Waals surface area contributed by atoms with Gasteiger partial charge in [-0.05, 0) is 6.42 Å². The van der Waals surface area contributed by atoms with Crippen molar-refractivity contribution in [1.82, 2.24) is 0 Å². The lowest BCUT2D eigenvalue weighted by Gasteiger charge is -2.31. The van der Waals surface area contributed by atoms with Gasteiger partial charge in [-0.2, -0.15) is 0 Å². The highest BCUT2D eigenvalue weighted by Gasteiger charge is 2.28. The van der Waals surface area contributed by atoms with E-state index < -0.39 is 12.2 Å². The lowest BCUT2D eigenvalue weighted by Crippen LogP contribution is -2.41. The van der Waals surface area contributed by atoms with Gasteiger partial charge in [0.15, 0.2) is 6.29 Å². The molecule has 0 saturated carbocycles. The monoisotopic (exact) mass is 162 g/mol. The average molecular weight is 162 g/mol. The lowest BCUT2D eigenvalue weighted by atomic mass is 10.1. The summed E-state index contributed by atoms with van der Waals surface area (Å²) in [6.45, 7) is -0.152. The Labute approximate surface area is 65.7 Å². The van der Waals surface area contributed by atoms with Crippen molar-refractivity contribution < 1.29 is 19.7 Å². The van der Waals surface area contributed by atoms with Crippen molar-refractivity contribution in [2.24, 2.45) is 0 Å². The van der Waals surface area contributed by atoms with Crippen molar-refractivity contribution in [1.29, 1.82) is 0 Å². The molecule has 0 radical (unpaired) electrons. The maximum Gasteiger partial charge on any atom is 0.157 e. The zero-order chi connectivity index (χ0) is 8.27. The summed E-state index contributed by atoms with van der Waals surface area (Å²) >= 11 is 0. The number of aliphatic hydroxyl groups is 2. The Kier molecular flexibility index (Phi) is 3.26. The van der Waals surface area contributed by atoms with Gasteiger partial charge in [0.1, 0.15) is 6.10 Å². The van der Waals surface area contributed by atoms with Crippen LogP contribution in [0.1, 0.15) is 12.8 Å². The predicted octanol–water partition coefficient (Wildman–Crippen LogP) is -0.509. The van der Waals surface area contributed by atoms with Crippen LogP contribution in [0.5, 0.6) is 0 Å². The van der Waals surface area contributed by atoms with Crippen molar-refractivity contribution in [3.05, 3.63) is 0 Å². The van der Waals surface area contributed by atoms with Crippen molar-refractivity contribution in [2.75, 3.05) is 13.7 Å². The molecule has 0 spiro atoms. The van der Waals surface area contributed by atoms with Crippen LogP contribution in [0.25, 0.3) is 0 Å². The Bertz CT molecular complexity index is 117. The standard InChI is InChI=1S/C7H14O4/c1-10-7-3-2-5(9)6(4-8)11-7/h5-9H,2-4H2,1H3/t5-,6-,7-/m1/s1. The zero-order valence-corrected chi connectivity index (χ0v) is 6.56. The first-order chi connectivity index (χ1) is 5.27. The first-order valence-corrected chi connectivity index (χ1v) is 3.75. The van der Waals surface area contributed by atoms with E-state index in [1.807, 2.05) is 0 Å². The third kappa shape index (κ3) is 2.13. The van der Waals surface area contributed by atoms with Gasteiger partial charge in [0.05, 0.1) is 12.7 Å². The fourth-order valence-corrected chi connectivity index (χ4v) is 1.18. The largest absolute Gasteiger partial charge is 0.394 e. The van der Waals surface area contributed by atoms with Gasteiger partial charge < -0.3 is 19.7 Å². The van der Waals surface area contributed by atoms with Crippen molar-refractivity contribution in [3.8, 4) is 0 Å². The van der Waals surface area contributed by atoms with Crippen molar-refractivity contribution in [3.63, 3.8) is 0 Å². The second-order valence-electron chi connectivity index (χ2n) is 2.67. The fourth-order valence-electron chi connectivity index (χ4n) is 1.18. The van der Waals surface area contributed by atoms with Crippen molar-refractivity contribution >= 4 is 0 Å². The molecule has 0 aliphatic carbocycles. The minimum Gasteiger partial charge on any atom is -0.394 e. The molecule has 1 rings (SSSR count). The van der Waals surface area contributed by atoms with Gasteiger partial charge >= 0.3 is 0 Å². The van der Waals surface area contributed by atoms with E-state index in [0.29, 0.717) is 12.8 Å². The molecule has 66 valence electrons. The van der Waals surface area contributed by atoms with Gasteiger partial charge in [-0.3, -0.25) is 0 Å². The zero-order valence-electron chi connectivity index (χ0n) is 6.56. The molecule has 1 aliphatic heterocycles. The number of ether oxygens (including phenoxy) is 2. The molecule has 4 nitrogen and oxygen atoms in total. The molecule has 11 heavy (non-hydrogen) atoms. The summed E-state index contributed by atoms with van der Waals surface area (Å²) in [5.41, 5.74) is 0. The van der Waals surface area contributed by atoms with E-state index in [4.69, 9.17) is 14.6 Å². The van der Waals surface area contributed by atoms with E-state index in [1.54, 1.807) is 7.11 Å². The topological polar surface area (TPSA) is 58.9 Å². The number of hydrogen-bond acceptors (Lipinski definition) is 4. The summed E-state index contributed by atoms with van der Waals surface area (Å²) in [5, 5.41) is 18.0. The quantitative estimate of drug-likeness (QED) is 0.574. The molecule has 1 saturated heterocycles. The van der Waals surface area contributed by atoms with Crippen LogP contribution in [0.3, 0.4) is 0 Å². The Morgan fingerprint density at radius 3 is 2.82 bits per heavy atom. The summed E-state index contributed by atoms with van der Waals surface area (Å²) in [6, 6.07) is 0. The summed E-state index contributed by atoms with van der Waals surface area (Å²) in [6.07, 6.45) is 0.0217. The number of rotatable bonds is 2. The molecule has 1 heterocycles. The molecule has 0 aromatic heterocycles. The number of hydrogen-bond donors (Lipinski definition) is 2. The molecular weight excluding hydrogens is 148 g/mol. The average Bonchev–Trinajstić information content (AvgIpc) is 2.05. The van der Waals surface area contributed by atoms with Crippen LogP contribution in [0, 0.1) is 0 Å². The maximum absolute atomic E-state index is 9.24. The van der Waals surface area contributed by atoms with Gasteiger partial charge in [-0.1, -0.05) is 0 Å². The third-order valence-electron chi connectivity index (χ3n) is 1.90. The Morgan fingerprint density at radius 1 is 1.55 bits per heavy atom. The summed E-state index contributed by atoms with van der Waals surface area (Å²) in [4.78, 5) is 0. The summed E-state index contributed by atoms with van der Waals surface area (Å²) < 4.78 is 10.1. The molecule has 1 aliphatic rings. The molecule has 0 aromatic carbocycles. The van der Waals surface area contributed by atoms with Crippen LogP contribution in [-0.2, 0) is 9.47 Å². The second-order valence-corrected chi connectivity index (χ2v) is 2.67. The highest BCUT2D eigenvalue weighted by Crippen LogP contribution is 2.19. The van der Waals surface area contributed by atoms with Crippen LogP contribution in [0.15, 0.2) is 0 Å². The highest BCUT2D eigenvalue weighted by atomic mass is 16.7. The van der Waals surface area contributed by atoms with E-state index in [0.717, 1.165) is 0 Å². The van der Waals surface area contributed by atoms with E-state index in [2.05, 4.69) is 0 Å². The van der Waals surface area contributed by atoms with Gasteiger partial charge in [-0.25, -0.2) is 0 Å². The molecule has 0 aromatic rings. The molecule has 1 fully saturated rings. The van der Waals surface area contributed by atoms with E-state index in [9.17, 15) is 5.11 Å². The summed E-state index contributed by atoms with van der Waals surface area (Å²) in [7, 11) is 1.55. The molecular formula is C7H14O4. The van der Waals surface area contributed by atoms with Gasteiger partial charge in [0.2, 0.25) is 0 Å². The van der Waals surface area contributed by atoms with Gasteiger partial charge in [0.25, 0.3) is 0 Å². The normalized spacial score (nSPS) is 39.0. The van der Waals surface area contributed by atoms with E-state index in [1.165, 1.54) is 0 Å². The number of methoxy groups -OCH3 is 1. The predicted molar refractivity (Wildman–Crippen MR) is 38.0 cm³/mol. The Balaban J connectivity index is 2.37. The van der Waals surface area contributed by atoms with E-state index in [-0.39, 0.29) is 12.9 Å². The Morgan fingerprint density at radius 2 is 2.27 bits per heavy atom. The maximum atomic E-state index is 9.24. The molecule has 0 unspecified atom stereocenters. The lowest BCUT2D eigenvalue weighted by molar-refractivity contribution is -0.219. The first kappa shape index (κ1) is 8.93. The van der Waals surface area contributed by atoms with Crippen LogP contribution in [0.4, 0.5) is 0 Å². The first-order valence-electron chi connectivity index (χ1n) is 3.75. The third-order valence-corrected chi connectivity index (χ3v) is 1.90. The van der Waals surface area contributed by atoms with Crippen LogP contribution < -0.4 is 0 Å². The highest BCUT2D eigenvalue weighted by molar-refractivity contribution is 4.74. The molecule has 0 bridgehead atoms. The SMILES string of the molecule is CO[C@H]1CC[C@@H](O)[C@@H](CO)O1. The second kappa shape index (κ2) is 4.01. The van der Waals surface area contributed by atoms with Crippen LogP contribution in [0.2, 0.25) is 0 Å². The molecule has 2 N–H and O–H groups in total. The van der Waals surface area contributed by atoms with Crippen LogP contribution in [-0.4, -0.2) is 42.4 Å². The van der Waals surface area contributed by atoms with E-state index >= 15 is 0 Å². The molecule has 3 atom stereocenters. The number of aliphatic hydroxyl groups excluding tert-OH is 2. The van der Waals surface area contributed by atoms with Gasteiger partial charge in [-0.15, -0.1) is 0 Å². The molecule has 0 amide bonds. The van der Waals surface area contributed by atoms with Crippen molar-refractivity contribution in [2.45, 2.75) is 31.3 Å². The smallest absolute Gasteiger partial charge is 0.157 e. The minimum absolute atomic E-state index is 0.152. The van der Waals surface area contributed by atoms with Gasteiger partial charge in [0, 0.05) is 13.5 Å². The molecule has 4 heteroatoms. The van der Waals surface area contributed by atoms with Crippen LogP contribution >= 0.6 is 0 Å². The Hall–Kier alpha value is -0.160.